The van der Waals surface area contributed by atoms with Crippen LogP contribution >= 0.6 is 11.3 Å². The summed E-state index contributed by atoms with van der Waals surface area (Å²) in [6, 6.07) is 6.99. The quantitative estimate of drug-likeness (QED) is 0.572. The number of benzene rings is 1. The lowest BCUT2D eigenvalue weighted by Gasteiger charge is -2.19. The monoisotopic (exact) mass is 443 g/mol. The average molecular weight is 444 g/mol. The molecule has 0 unspecified atom stereocenters. The van der Waals surface area contributed by atoms with Gasteiger partial charge in [-0.25, -0.2) is 0 Å². The first-order valence-electron chi connectivity index (χ1n) is 11.3. The molecular formula is C23H33N5O2S. The molecule has 0 spiro atoms. The minimum absolute atomic E-state index is 0.123. The van der Waals surface area contributed by atoms with Gasteiger partial charge in [0.25, 0.3) is 11.8 Å². The molecule has 2 amide bonds. The Morgan fingerprint density at radius 3 is 2.61 bits per heavy atom. The molecule has 1 aliphatic heterocycles. The molecule has 8 heteroatoms. The van der Waals surface area contributed by atoms with Crippen molar-refractivity contribution in [2.24, 2.45) is 5.92 Å². The smallest absolute Gasteiger partial charge is 0.286 e. The van der Waals surface area contributed by atoms with Crippen LogP contribution in [0.25, 0.3) is 0 Å². The molecule has 1 saturated heterocycles. The van der Waals surface area contributed by atoms with Crippen LogP contribution in [0.1, 0.15) is 71.1 Å². The molecule has 0 aliphatic carbocycles. The third-order valence-electron chi connectivity index (χ3n) is 5.26. The molecule has 168 valence electrons. The summed E-state index contributed by atoms with van der Waals surface area (Å²) >= 11 is 1.31. The summed E-state index contributed by atoms with van der Waals surface area (Å²) < 4.78 is 0. The SMILES string of the molecule is CC(C)Cc1nnc(C(=O)Nc2cccc(C(=O)NCCCN3CCCCCC3)c2)s1. The lowest BCUT2D eigenvalue weighted by atomic mass is 10.1. The molecule has 31 heavy (non-hydrogen) atoms. The Bertz CT molecular complexity index is 859. The minimum Gasteiger partial charge on any atom is -0.352 e. The van der Waals surface area contributed by atoms with E-state index in [1.807, 2.05) is 0 Å². The van der Waals surface area contributed by atoms with Crippen LogP contribution in [0.15, 0.2) is 24.3 Å². The molecule has 1 aromatic carbocycles. The third-order valence-corrected chi connectivity index (χ3v) is 6.21. The fraction of sp³-hybridized carbons (Fsp3) is 0.565. The number of nitrogens with zero attached hydrogens (tertiary/aromatic N) is 3. The summed E-state index contributed by atoms with van der Waals surface area (Å²) in [4.78, 5) is 27.5. The molecule has 2 heterocycles. The highest BCUT2D eigenvalue weighted by atomic mass is 32.1. The molecule has 1 aliphatic rings. The maximum absolute atomic E-state index is 12.5. The summed E-state index contributed by atoms with van der Waals surface area (Å²) in [5.41, 5.74) is 1.10. The highest BCUT2D eigenvalue weighted by Gasteiger charge is 2.15. The van der Waals surface area contributed by atoms with Crippen LogP contribution in [0.2, 0.25) is 0 Å². The van der Waals surface area contributed by atoms with Gasteiger partial charge < -0.3 is 15.5 Å². The van der Waals surface area contributed by atoms with E-state index < -0.39 is 0 Å². The molecule has 0 radical (unpaired) electrons. The molecule has 0 bridgehead atoms. The van der Waals surface area contributed by atoms with Crippen molar-refractivity contribution in [1.29, 1.82) is 0 Å². The van der Waals surface area contributed by atoms with E-state index in [4.69, 9.17) is 0 Å². The highest BCUT2D eigenvalue weighted by Crippen LogP contribution is 2.17. The molecule has 0 atom stereocenters. The predicted octanol–water partition coefficient (Wildman–Crippen LogP) is 3.98. The van der Waals surface area contributed by atoms with Crippen LogP contribution in [0, 0.1) is 5.92 Å². The van der Waals surface area contributed by atoms with Crippen molar-refractivity contribution in [2.45, 2.75) is 52.4 Å². The Balaban J connectivity index is 1.46. The van der Waals surface area contributed by atoms with E-state index in [-0.39, 0.29) is 11.8 Å². The van der Waals surface area contributed by atoms with E-state index in [1.54, 1.807) is 24.3 Å². The van der Waals surface area contributed by atoms with Crippen molar-refractivity contribution in [3.63, 3.8) is 0 Å². The van der Waals surface area contributed by atoms with Crippen LogP contribution in [0.3, 0.4) is 0 Å². The molecule has 1 aromatic heterocycles. The lowest BCUT2D eigenvalue weighted by molar-refractivity contribution is 0.0950. The second-order valence-electron chi connectivity index (χ2n) is 8.50. The van der Waals surface area contributed by atoms with Gasteiger partial charge in [0.05, 0.1) is 0 Å². The van der Waals surface area contributed by atoms with E-state index in [2.05, 4.69) is 39.6 Å². The number of likely N-dealkylation sites (tertiary alicyclic amines) is 1. The molecular weight excluding hydrogens is 410 g/mol. The summed E-state index contributed by atoms with van der Waals surface area (Å²) in [6.07, 6.45) is 6.97. The van der Waals surface area contributed by atoms with Crippen molar-refractivity contribution in [1.82, 2.24) is 20.4 Å². The number of carbonyl (C=O) groups is 2. The van der Waals surface area contributed by atoms with Gasteiger partial charge in [-0.2, -0.15) is 0 Å². The Kier molecular flexibility index (Phi) is 8.97. The topological polar surface area (TPSA) is 87.2 Å². The lowest BCUT2D eigenvalue weighted by Crippen LogP contribution is -2.30. The number of hydrogen-bond donors (Lipinski definition) is 2. The number of carbonyl (C=O) groups excluding carboxylic acids is 2. The molecule has 2 aromatic rings. The second-order valence-corrected chi connectivity index (χ2v) is 9.56. The van der Waals surface area contributed by atoms with Crippen LogP contribution in [0.4, 0.5) is 5.69 Å². The van der Waals surface area contributed by atoms with E-state index in [9.17, 15) is 9.59 Å². The molecule has 3 rings (SSSR count). The molecule has 7 nitrogen and oxygen atoms in total. The van der Waals surface area contributed by atoms with Crippen molar-refractivity contribution >= 4 is 28.8 Å². The normalized spacial score (nSPS) is 14.9. The van der Waals surface area contributed by atoms with Crippen LogP contribution in [-0.4, -0.2) is 53.1 Å². The molecule has 1 fully saturated rings. The summed E-state index contributed by atoms with van der Waals surface area (Å²) in [7, 11) is 0. The van der Waals surface area contributed by atoms with Gasteiger partial charge in [-0.05, 0) is 63.0 Å². The third kappa shape index (κ3) is 7.70. The zero-order valence-electron chi connectivity index (χ0n) is 18.5. The average Bonchev–Trinajstić information content (AvgIpc) is 3.05. The van der Waals surface area contributed by atoms with Gasteiger partial charge in [-0.1, -0.05) is 44.1 Å². The number of hydrogen-bond acceptors (Lipinski definition) is 6. The van der Waals surface area contributed by atoms with Gasteiger partial charge in [0.1, 0.15) is 5.01 Å². The van der Waals surface area contributed by atoms with Crippen LogP contribution < -0.4 is 10.6 Å². The maximum Gasteiger partial charge on any atom is 0.286 e. The van der Waals surface area contributed by atoms with Gasteiger partial charge in [-0.15, -0.1) is 10.2 Å². The van der Waals surface area contributed by atoms with E-state index in [0.717, 1.165) is 24.4 Å². The number of amides is 2. The van der Waals surface area contributed by atoms with Crippen molar-refractivity contribution in [3.8, 4) is 0 Å². The number of aromatic nitrogens is 2. The van der Waals surface area contributed by atoms with E-state index in [1.165, 1.54) is 50.1 Å². The van der Waals surface area contributed by atoms with Crippen molar-refractivity contribution < 1.29 is 9.59 Å². The number of rotatable bonds is 9. The second kappa shape index (κ2) is 11.9. The first-order chi connectivity index (χ1) is 15.0. The Hall–Kier alpha value is -2.32. The van der Waals surface area contributed by atoms with Crippen molar-refractivity contribution in [2.75, 3.05) is 31.5 Å². The zero-order valence-corrected chi connectivity index (χ0v) is 19.3. The number of nitrogens with one attached hydrogen (secondary N) is 2. The van der Waals surface area contributed by atoms with E-state index >= 15 is 0 Å². The minimum atomic E-state index is -0.303. The Labute approximate surface area is 188 Å². The fourth-order valence-electron chi connectivity index (χ4n) is 3.67. The number of anilines is 1. The van der Waals surface area contributed by atoms with Gasteiger partial charge >= 0.3 is 0 Å². The molecule has 0 saturated carbocycles. The first-order valence-corrected chi connectivity index (χ1v) is 12.1. The predicted molar refractivity (Wildman–Crippen MR) is 125 cm³/mol. The fourth-order valence-corrected chi connectivity index (χ4v) is 4.61. The Morgan fingerprint density at radius 2 is 1.87 bits per heavy atom. The van der Waals surface area contributed by atoms with E-state index in [0.29, 0.717) is 28.7 Å². The highest BCUT2D eigenvalue weighted by molar-refractivity contribution is 7.13. The zero-order chi connectivity index (χ0) is 22.1. The summed E-state index contributed by atoms with van der Waals surface area (Å²) in [5.74, 6) is 0.0352. The van der Waals surface area contributed by atoms with Crippen LogP contribution in [-0.2, 0) is 6.42 Å². The van der Waals surface area contributed by atoms with Crippen molar-refractivity contribution in [3.05, 3.63) is 39.8 Å². The van der Waals surface area contributed by atoms with Crippen LogP contribution in [0.5, 0.6) is 0 Å². The Morgan fingerprint density at radius 1 is 1.10 bits per heavy atom. The van der Waals surface area contributed by atoms with Gasteiger partial charge in [0.15, 0.2) is 0 Å². The molecule has 2 N–H and O–H groups in total. The standard InChI is InChI=1S/C23H33N5O2S/c1-17(2)15-20-26-27-23(31-20)22(30)25-19-10-7-9-18(16-19)21(29)24-11-8-14-28-12-5-3-4-6-13-28/h7,9-10,16-17H,3-6,8,11-15H2,1-2H3,(H,24,29)(H,25,30). The maximum atomic E-state index is 12.5. The van der Waals surface area contributed by atoms with Gasteiger partial charge in [0, 0.05) is 24.2 Å². The van der Waals surface area contributed by atoms with Gasteiger partial charge in [-0.3, -0.25) is 9.59 Å². The largest absolute Gasteiger partial charge is 0.352 e. The first kappa shape index (κ1) is 23.3. The van der Waals surface area contributed by atoms with Gasteiger partial charge in [0.2, 0.25) is 5.01 Å². The summed E-state index contributed by atoms with van der Waals surface area (Å²) in [6.45, 7) is 8.22. The summed E-state index contributed by atoms with van der Waals surface area (Å²) in [5, 5.41) is 15.1.